The van der Waals surface area contributed by atoms with Gasteiger partial charge in [-0.15, -0.1) is 36.2 Å². The van der Waals surface area contributed by atoms with Gasteiger partial charge < -0.3 is 11.1 Å². The molecular formula is C10H17Cl2N3OS. The normalized spacial score (nSPS) is 15.4. The van der Waals surface area contributed by atoms with E-state index in [-0.39, 0.29) is 30.7 Å². The second kappa shape index (κ2) is 6.54. The van der Waals surface area contributed by atoms with Gasteiger partial charge in [0.1, 0.15) is 0 Å². The number of hydrogen-bond acceptors (Lipinski definition) is 4. The van der Waals surface area contributed by atoms with Crippen LogP contribution in [-0.4, -0.2) is 16.4 Å². The third kappa shape index (κ3) is 4.10. The largest absolute Gasteiger partial charge is 0.349 e. The monoisotopic (exact) mass is 297 g/mol. The van der Waals surface area contributed by atoms with E-state index >= 15 is 0 Å². The molecule has 0 spiro atoms. The van der Waals surface area contributed by atoms with E-state index in [1.807, 2.05) is 5.38 Å². The second-order valence-electron chi connectivity index (χ2n) is 3.92. The molecule has 0 saturated heterocycles. The summed E-state index contributed by atoms with van der Waals surface area (Å²) in [5.74, 6) is -0.0476. The van der Waals surface area contributed by atoms with E-state index in [1.54, 1.807) is 11.3 Å². The quantitative estimate of drug-likeness (QED) is 0.888. The van der Waals surface area contributed by atoms with Crippen molar-refractivity contribution in [2.75, 3.05) is 0 Å². The molecule has 0 radical (unpaired) electrons. The molecule has 1 aliphatic rings. The summed E-state index contributed by atoms with van der Waals surface area (Å²) in [6, 6.07) is 0. The summed E-state index contributed by atoms with van der Waals surface area (Å²) in [6.45, 7) is 2.56. The van der Waals surface area contributed by atoms with Crippen molar-refractivity contribution >= 4 is 42.1 Å². The third-order valence-electron chi connectivity index (χ3n) is 2.57. The number of nitrogens with two attached hydrogens (primary N) is 1. The van der Waals surface area contributed by atoms with Crippen molar-refractivity contribution in [1.82, 2.24) is 10.3 Å². The molecular weight excluding hydrogens is 281 g/mol. The zero-order chi connectivity index (χ0) is 10.9. The van der Waals surface area contributed by atoms with Gasteiger partial charge in [0.25, 0.3) is 0 Å². The van der Waals surface area contributed by atoms with Crippen molar-refractivity contribution in [2.24, 2.45) is 5.73 Å². The van der Waals surface area contributed by atoms with Crippen molar-refractivity contribution in [3.63, 3.8) is 0 Å². The molecule has 17 heavy (non-hydrogen) atoms. The fourth-order valence-electron chi connectivity index (χ4n) is 1.30. The third-order valence-corrected chi connectivity index (χ3v) is 3.61. The average Bonchev–Trinajstić information content (AvgIpc) is 2.83. The maximum absolute atomic E-state index is 11.5. The Bertz CT molecular complexity index is 379. The van der Waals surface area contributed by atoms with Crippen LogP contribution in [0, 0.1) is 0 Å². The Morgan fingerprint density at radius 2 is 2.24 bits per heavy atom. The number of hydrogen-bond donors (Lipinski definition) is 2. The molecule has 1 aromatic rings. The highest BCUT2D eigenvalue weighted by Gasteiger charge is 2.45. The van der Waals surface area contributed by atoms with E-state index in [0.717, 1.165) is 30.0 Å². The summed E-state index contributed by atoms with van der Waals surface area (Å²) in [7, 11) is 0. The van der Waals surface area contributed by atoms with Crippen molar-refractivity contribution < 1.29 is 4.79 Å². The molecule has 1 amide bonds. The number of thiazole rings is 1. The lowest BCUT2D eigenvalue weighted by Crippen LogP contribution is -2.42. The molecule has 1 heterocycles. The van der Waals surface area contributed by atoms with Crippen LogP contribution in [0.5, 0.6) is 0 Å². The minimum atomic E-state index is -0.580. The summed E-state index contributed by atoms with van der Waals surface area (Å²) in [4.78, 5) is 15.9. The lowest BCUT2D eigenvalue weighted by Gasteiger charge is -2.08. The standard InChI is InChI=1S/C10H15N3OS.2ClH/c1-2-8-13-7(6-15-8)5-12-9(14)10(11)3-4-10;;/h6H,2-5,11H2,1H3,(H,12,14);2*1H. The molecule has 0 bridgehead atoms. The molecule has 0 unspecified atom stereocenters. The van der Waals surface area contributed by atoms with Crippen LogP contribution in [0.25, 0.3) is 0 Å². The molecule has 98 valence electrons. The first-order valence-corrected chi connectivity index (χ1v) is 6.02. The molecule has 0 aliphatic heterocycles. The number of amides is 1. The molecule has 0 atom stereocenters. The molecule has 1 saturated carbocycles. The van der Waals surface area contributed by atoms with Gasteiger partial charge in [-0.25, -0.2) is 4.98 Å². The van der Waals surface area contributed by atoms with Gasteiger partial charge in [-0.1, -0.05) is 6.92 Å². The highest BCUT2D eigenvalue weighted by Crippen LogP contribution is 2.32. The maximum Gasteiger partial charge on any atom is 0.240 e. The van der Waals surface area contributed by atoms with Crippen LogP contribution in [0.15, 0.2) is 5.38 Å². The van der Waals surface area contributed by atoms with Crippen molar-refractivity contribution in [3.05, 3.63) is 16.1 Å². The van der Waals surface area contributed by atoms with E-state index in [1.165, 1.54) is 0 Å². The zero-order valence-electron chi connectivity index (χ0n) is 9.56. The number of carbonyl (C=O) groups is 1. The summed E-state index contributed by atoms with van der Waals surface area (Å²) >= 11 is 1.63. The molecule has 4 nitrogen and oxygen atoms in total. The number of rotatable bonds is 4. The molecule has 0 aromatic carbocycles. The Kier molecular flexibility index (Phi) is 6.40. The fraction of sp³-hybridized carbons (Fsp3) is 0.600. The van der Waals surface area contributed by atoms with Gasteiger partial charge in [-0.3, -0.25) is 4.79 Å². The smallest absolute Gasteiger partial charge is 0.240 e. The van der Waals surface area contributed by atoms with Crippen LogP contribution in [0.3, 0.4) is 0 Å². The number of nitrogens with one attached hydrogen (secondary N) is 1. The van der Waals surface area contributed by atoms with Gasteiger partial charge in [-0.2, -0.15) is 0 Å². The lowest BCUT2D eigenvalue weighted by molar-refractivity contribution is -0.123. The number of carbonyl (C=O) groups excluding carboxylic acids is 1. The first kappa shape index (κ1) is 16.6. The summed E-state index contributed by atoms with van der Waals surface area (Å²) in [5, 5.41) is 5.91. The zero-order valence-corrected chi connectivity index (χ0v) is 12.0. The second-order valence-corrected chi connectivity index (χ2v) is 4.87. The molecule has 3 N–H and O–H groups in total. The fourth-order valence-corrected chi connectivity index (χ4v) is 2.05. The summed E-state index contributed by atoms with van der Waals surface area (Å²) < 4.78 is 0. The van der Waals surface area contributed by atoms with Crippen LogP contribution in [0.4, 0.5) is 0 Å². The Balaban J connectivity index is 0.00000128. The SMILES string of the molecule is CCc1nc(CNC(=O)C2(N)CC2)cs1.Cl.Cl. The Labute approximate surface area is 117 Å². The van der Waals surface area contributed by atoms with E-state index in [4.69, 9.17) is 5.73 Å². The van der Waals surface area contributed by atoms with Gasteiger partial charge in [0.05, 0.1) is 22.8 Å². The van der Waals surface area contributed by atoms with E-state index < -0.39 is 5.54 Å². The Morgan fingerprint density at radius 1 is 1.59 bits per heavy atom. The number of aryl methyl sites for hydroxylation is 1. The maximum atomic E-state index is 11.5. The number of nitrogens with zero attached hydrogens (tertiary/aromatic N) is 1. The van der Waals surface area contributed by atoms with E-state index in [9.17, 15) is 4.79 Å². The molecule has 1 aromatic heterocycles. The summed E-state index contributed by atoms with van der Waals surface area (Å²) in [5.41, 5.74) is 6.10. The van der Waals surface area contributed by atoms with Crippen LogP contribution in [0.1, 0.15) is 30.5 Å². The van der Waals surface area contributed by atoms with Crippen LogP contribution in [0.2, 0.25) is 0 Å². The van der Waals surface area contributed by atoms with Crippen molar-refractivity contribution in [1.29, 1.82) is 0 Å². The van der Waals surface area contributed by atoms with Crippen LogP contribution < -0.4 is 11.1 Å². The highest BCUT2D eigenvalue weighted by molar-refractivity contribution is 7.09. The topological polar surface area (TPSA) is 68.0 Å². The molecule has 2 rings (SSSR count). The van der Waals surface area contributed by atoms with Gasteiger partial charge in [0.2, 0.25) is 5.91 Å². The van der Waals surface area contributed by atoms with Crippen molar-refractivity contribution in [2.45, 2.75) is 38.3 Å². The van der Waals surface area contributed by atoms with Gasteiger partial charge in [-0.05, 0) is 19.3 Å². The van der Waals surface area contributed by atoms with Crippen molar-refractivity contribution in [3.8, 4) is 0 Å². The van der Waals surface area contributed by atoms with Gasteiger partial charge in [0, 0.05) is 5.38 Å². The lowest BCUT2D eigenvalue weighted by atomic mass is 10.3. The summed E-state index contributed by atoms with van der Waals surface area (Å²) in [6.07, 6.45) is 2.55. The van der Waals surface area contributed by atoms with Crippen LogP contribution in [-0.2, 0) is 17.8 Å². The highest BCUT2D eigenvalue weighted by atomic mass is 35.5. The van der Waals surface area contributed by atoms with Crippen LogP contribution >= 0.6 is 36.2 Å². The average molecular weight is 298 g/mol. The van der Waals surface area contributed by atoms with E-state index in [2.05, 4.69) is 17.2 Å². The molecule has 7 heteroatoms. The predicted molar refractivity (Wildman–Crippen MR) is 74.0 cm³/mol. The Morgan fingerprint density at radius 3 is 2.71 bits per heavy atom. The molecule has 1 fully saturated rings. The first-order valence-electron chi connectivity index (χ1n) is 5.14. The minimum absolute atomic E-state index is 0. The molecule has 1 aliphatic carbocycles. The predicted octanol–water partition coefficient (Wildman–Crippen LogP) is 1.66. The van der Waals surface area contributed by atoms with E-state index in [0.29, 0.717) is 6.54 Å². The first-order chi connectivity index (χ1) is 7.14. The Hall–Kier alpha value is -0.360. The minimum Gasteiger partial charge on any atom is -0.349 e. The number of halogens is 2. The number of aromatic nitrogens is 1. The van der Waals surface area contributed by atoms with Gasteiger partial charge >= 0.3 is 0 Å². The van der Waals surface area contributed by atoms with Gasteiger partial charge in [0.15, 0.2) is 0 Å².